The van der Waals surface area contributed by atoms with Crippen LogP contribution in [0.2, 0.25) is 0 Å². The Labute approximate surface area is 127 Å². The van der Waals surface area contributed by atoms with Crippen molar-refractivity contribution in [1.82, 2.24) is 0 Å². The van der Waals surface area contributed by atoms with Crippen LogP contribution in [-0.4, -0.2) is 6.10 Å². The van der Waals surface area contributed by atoms with E-state index in [1.54, 1.807) is 0 Å². The Bertz CT molecular complexity index is 254. The standard InChI is InChI=1S/C19H36O/c1-17(2)20-19-15-13-11-9-7-5-4-6-8-10-12-14-18(3)16-19/h16-18H,4-15H2,1-3H3. The van der Waals surface area contributed by atoms with Gasteiger partial charge in [0.1, 0.15) is 0 Å². The van der Waals surface area contributed by atoms with Gasteiger partial charge in [-0.2, -0.15) is 0 Å². The summed E-state index contributed by atoms with van der Waals surface area (Å²) in [7, 11) is 0. The second-order valence-corrected chi connectivity index (χ2v) is 6.85. The maximum Gasteiger partial charge on any atom is 0.0926 e. The molecule has 0 bridgehead atoms. The largest absolute Gasteiger partial charge is 0.496 e. The molecule has 0 aromatic carbocycles. The topological polar surface area (TPSA) is 9.23 Å². The molecule has 1 nitrogen and oxygen atoms in total. The Morgan fingerprint density at radius 3 is 1.90 bits per heavy atom. The molecule has 0 heterocycles. The molecule has 1 aliphatic carbocycles. The fourth-order valence-electron chi connectivity index (χ4n) is 3.06. The minimum atomic E-state index is 0.315. The molecule has 1 aliphatic rings. The van der Waals surface area contributed by atoms with E-state index in [9.17, 15) is 0 Å². The Balaban J connectivity index is 2.47. The summed E-state index contributed by atoms with van der Waals surface area (Å²) in [6.07, 6.45) is 19.3. The van der Waals surface area contributed by atoms with Crippen LogP contribution in [0.1, 0.15) is 97.8 Å². The summed E-state index contributed by atoms with van der Waals surface area (Å²) in [5.74, 6) is 1.93. The van der Waals surface area contributed by atoms with E-state index in [1.165, 1.54) is 76.4 Å². The van der Waals surface area contributed by atoms with Crippen molar-refractivity contribution in [2.24, 2.45) is 5.92 Å². The third-order valence-electron chi connectivity index (χ3n) is 4.19. The Kier molecular flexibility index (Phi) is 9.87. The van der Waals surface area contributed by atoms with Crippen molar-refractivity contribution < 1.29 is 4.74 Å². The van der Waals surface area contributed by atoms with Gasteiger partial charge in [-0.15, -0.1) is 0 Å². The molecule has 0 aliphatic heterocycles. The van der Waals surface area contributed by atoms with Crippen LogP contribution in [0.25, 0.3) is 0 Å². The van der Waals surface area contributed by atoms with Crippen molar-refractivity contribution in [2.45, 2.75) is 104 Å². The zero-order valence-electron chi connectivity index (χ0n) is 14.1. The molecule has 0 fully saturated rings. The van der Waals surface area contributed by atoms with E-state index in [2.05, 4.69) is 26.8 Å². The van der Waals surface area contributed by atoms with Crippen LogP contribution in [-0.2, 0) is 4.74 Å². The molecule has 20 heavy (non-hydrogen) atoms. The van der Waals surface area contributed by atoms with Gasteiger partial charge in [0, 0.05) is 6.42 Å². The number of rotatable bonds is 2. The summed E-state index contributed by atoms with van der Waals surface area (Å²) < 4.78 is 6.01. The molecular weight excluding hydrogens is 244 g/mol. The molecule has 1 heteroatoms. The van der Waals surface area contributed by atoms with Crippen LogP contribution < -0.4 is 0 Å². The third kappa shape index (κ3) is 9.44. The Morgan fingerprint density at radius 2 is 1.35 bits per heavy atom. The van der Waals surface area contributed by atoms with E-state index in [1.807, 2.05) is 0 Å². The van der Waals surface area contributed by atoms with E-state index < -0.39 is 0 Å². The minimum Gasteiger partial charge on any atom is -0.496 e. The molecule has 0 aromatic heterocycles. The van der Waals surface area contributed by atoms with Crippen molar-refractivity contribution in [3.8, 4) is 0 Å². The summed E-state index contributed by atoms with van der Waals surface area (Å²) in [4.78, 5) is 0. The number of hydrogen-bond donors (Lipinski definition) is 0. The molecule has 1 rings (SSSR count). The lowest BCUT2D eigenvalue weighted by atomic mass is 10.0. The quantitative estimate of drug-likeness (QED) is 0.552. The van der Waals surface area contributed by atoms with Crippen molar-refractivity contribution in [2.75, 3.05) is 0 Å². The molecule has 0 spiro atoms. The first-order valence-corrected chi connectivity index (χ1v) is 9.06. The number of ether oxygens (including phenoxy) is 1. The van der Waals surface area contributed by atoms with Crippen molar-refractivity contribution in [3.63, 3.8) is 0 Å². The molecule has 1 unspecified atom stereocenters. The fourth-order valence-corrected chi connectivity index (χ4v) is 3.06. The van der Waals surface area contributed by atoms with Gasteiger partial charge in [0.2, 0.25) is 0 Å². The molecule has 1 atom stereocenters. The zero-order chi connectivity index (χ0) is 14.6. The molecule has 0 saturated heterocycles. The highest BCUT2D eigenvalue weighted by Crippen LogP contribution is 2.21. The van der Waals surface area contributed by atoms with Crippen LogP contribution in [0.5, 0.6) is 0 Å². The van der Waals surface area contributed by atoms with Crippen molar-refractivity contribution in [3.05, 3.63) is 11.8 Å². The van der Waals surface area contributed by atoms with Crippen LogP contribution >= 0.6 is 0 Å². The van der Waals surface area contributed by atoms with Gasteiger partial charge in [0.25, 0.3) is 0 Å². The first-order valence-electron chi connectivity index (χ1n) is 9.06. The number of hydrogen-bond acceptors (Lipinski definition) is 1. The third-order valence-corrected chi connectivity index (χ3v) is 4.19. The van der Waals surface area contributed by atoms with Gasteiger partial charge in [-0.05, 0) is 38.7 Å². The second-order valence-electron chi connectivity index (χ2n) is 6.85. The second kappa shape index (κ2) is 11.2. The smallest absolute Gasteiger partial charge is 0.0926 e. The van der Waals surface area contributed by atoms with Crippen LogP contribution in [0.15, 0.2) is 11.8 Å². The maximum absolute atomic E-state index is 6.01. The maximum atomic E-state index is 6.01. The van der Waals surface area contributed by atoms with Crippen LogP contribution in [0, 0.1) is 5.92 Å². The lowest BCUT2D eigenvalue weighted by molar-refractivity contribution is 0.136. The van der Waals surface area contributed by atoms with Gasteiger partial charge < -0.3 is 4.74 Å². The van der Waals surface area contributed by atoms with E-state index in [4.69, 9.17) is 4.74 Å². The SMILES string of the molecule is CC1C=C(OC(C)C)CCCCCCCCCCCC1. The average molecular weight is 280 g/mol. The average Bonchev–Trinajstić information content (AvgIpc) is 2.39. The highest BCUT2D eigenvalue weighted by Gasteiger charge is 2.06. The van der Waals surface area contributed by atoms with Gasteiger partial charge in [-0.3, -0.25) is 0 Å². The van der Waals surface area contributed by atoms with E-state index >= 15 is 0 Å². The predicted octanol–water partition coefficient (Wildman–Crippen LogP) is 6.63. The fraction of sp³-hybridized carbons (Fsp3) is 0.895. The highest BCUT2D eigenvalue weighted by atomic mass is 16.5. The van der Waals surface area contributed by atoms with Gasteiger partial charge in [-0.1, -0.05) is 64.7 Å². The lowest BCUT2D eigenvalue weighted by Gasteiger charge is -2.16. The predicted molar refractivity (Wildman–Crippen MR) is 88.9 cm³/mol. The highest BCUT2D eigenvalue weighted by molar-refractivity contribution is 4.96. The van der Waals surface area contributed by atoms with Crippen LogP contribution in [0.3, 0.4) is 0 Å². The Hall–Kier alpha value is -0.460. The van der Waals surface area contributed by atoms with E-state index in [0.717, 1.165) is 6.42 Å². The van der Waals surface area contributed by atoms with E-state index in [-0.39, 0.29) is 0 Å². The molecule has 0 N–H and O–H groups in total. The number of allylic oxidation sites excluding steroid dienone is 2. The monoisotopic (exact) mass is 280 g/mol. The molecule has 0 aromatic rings. The normalized spacial score (nSPS) is 24.6. The van der Waals surface area contributed by atoms with Gasteiger partial charge >= 0.3 is 0 Å². The van der Waals surface area contributed by atoms with Gasteiger partial charge in [0.05, 0.1) is 11.9 Å². The van der Waals surface area contributed by atoms with Gasteiger partial charge in [0.15, 0.2) is 0 Å². The molecule has 0 radical (unpaired) electrons. The zero-order valence-corrected chi connectivity index (χ0v) is 14.1. The minimum absolute atomic E-state index is 0.315. The van der Waals surface area contributed by atoms with Crippen LogP contribution in [0.4, 0.5) is 0 Å². The molecule has 0 amide bonds. The lowest BCUT2D eigenvalue weighted by Crippen LogP contribution is -2.04. The summed E-state index contributed by atoms with van der Waals surface area (Å²) in [5.41, 5.74) is 0. The van der Waals surface area contributed by atoms with Gasteiger partial charge in [-0.25, -0.2) is 0 Å². The van der Waals surface area contributed by atoms with Crippen molar-refractivity contribution >= 4 is 0 Å². The molecule has 0 saturated carbocycles. The first-order chi connectivity index (χ1) is 9.68. The summed E-state index contributed by atoms with van der Waals surface area (Å²) >= 11 is 0. The van der Waals surface area contributed by atoms with Crippen molar-refractivity contribution in [1.29, 1.82) is 0 Å². The summed E-state index contributed by atoms with van der Waals surface area (Å²) in [6, 6.07) is 0. The summed E-state index contributed by atoms with van der Waals surface area (Å²) in [6.45, 7) is 6.63. The molecular formula is C19H36O. The molecule has 118 valence electrons. The van der Waals surface area contributed by atoms with E-state index in [0.29, 0.717) is 12.0 Å². The Morgan fingerprint density at radius 1 is 0.850 bits per heavy atom. The first kappa shape index (κ1) is 17.6. The summed E-state index contributed by atoms with van der Waals surface area (Å²) in [5, 5.41) is 0.